The van der Waals surface area contributed by atoms with Crippen LogP contribution in [0.2, 0.25) is 5.02 Å². The molecule has 0 aliphatic heterocycles. The topological polar surface area (TPSA) is 104 Å². The molecule has 21 heavy (non-hydrogen) atoms. The minimum absolute atomic E-state index is 0.0699. The average Bonchev–Trinajstić information content (AvgIpc) is 2.72. The molecule has 0 unspecified atom stereocenters. The number of hydrogen-bond acceptors (Lipinski definition) is 5. The number of carbonyl (C=O) groups is 1. The van der Waals surface area contributed by atoms with Gasteiger partial charge in [-0.15, -0.1) is 11.3 Å². The number of benzene rings is 1. The molecule has 0 aliphatic carbocycles. The van der Waals surface area contributed by atoms with Crippen molar-refractivity contribution >= 4 is 60.5 Å². The first-order valence-corrected chi connectivity index (χ1v) is 8.72. The number of aromatic hydroxyl groups is 1. The van der Waals surface area contributed by atoms with Gasteiger partial charge in [-0.3, -0.25) is 4.72 Å². The lowest BCUT2D eigenvalue weighted by atomic mass is 10.2. The molecular formula is C11H7BrClNO5S2. The maximum atomic E-state index is 12.2. The first kappa shape index (κ1) is 16.1. The summed E-state index contributed by atoms with van der Waals surface area (Å²) in [5, 5.41) is 18.9. The van der Waals surface area contributed by atoms with Crippen molar-refractivity contribution in [3.63, 3.8) is 0 Å². The standard InChI is InChI=1S/C11H7BrClNO5S2/c12-10-6(13)4-8(20-10)21(18,19)14-7-3-1-2-5(9(7)15)11(16)17/h1-4,14-15H,(H,16,17). The summed E-state index contributed by atoms with van der Waals surface area (Å²) in [4.78, 5) is 10.9. The number of hydrogen-bond donors (Lipinski definition) is 3. The largest absolute Gasteiger partial charge is 0.505 e. The van der Waals surface area contributed by atoms with Crippen LogP contribution in [-0.4, -0.2) is 24.6 Å². The number of phenols is 1. The molecule has 2 aromatic rings. The molecule has 0 saturated heterocycles. The molecular weight excluding hydrogens is 406 g/mol. The second-order valence-electron chi connectivity index (χ2n) is 3.80. The zero-order chi connectivity index (χ0) is 15.8. The first-order chi connectivity index (χ1) is 9.72. The van der Waals surface area contributed by atoms with Crippen molar-refractivity contribution in [2.24, 2.45) is 0 Å². The zero-order valence-corrected chi connectivity index (χ0v) is 14.0. The smallest absolute Gasteiger partial charge is 0.339 e. The van der Waals surface area contributed by atoms with Crippen LogP contribution in [0.3, 0.4) is 0 Å². The van der Waals surface area contributed by atoms with Crippen LogP contribution in [0.15, 0.2) is 32.3 Å². The van der Waals surface area contributed by atoms with Crippen LogP contribution in [0.1, 0.15) is 10.4 Å². The third kappa shape index (κ3) is 3.31. The Morgan fingerprint density at radius 3 is 2.57 bits per heavy atom. The number of nitrogens with one attached hydrogen (secondary N) is 1. The number of carboxylic acid groups (broad SMARTS) is 1. The van der Waals surface area contributed by atoms with Crippen molar-refractivity contribution < 1.29 is 23.4 Å². The summed E-state index contributed by atoms with van der Waals surface area (Å²) in [6.45, 7) is 0. The van der Waals surface area contributed by atoms with Crippen molar-refractivity contribution in [3.8, 4) is 5.75 Å². The van der Waals surface area contributed by atoms with Crippen LogP contribution in [0.5, 0.6) is 5.75 Å². The highest BCUT2D eigenvalue weighted by atomic mass is 79.9. The maximum absolute atomic E-state index is 12.2. The fraction of sp³-hybridized carbons (Fsp3) is 0. The summed E-state index contributed by atoms with van der Waals surface area (Å²) in [7, 11) is -3.98. The molecule has 2 rings (SSSR count). The number of aromatic carboxylic acids is 1. The number of sulfonamides is 1. The zero-order valence-electron chi connectivity index (χ0n) is 10.0. The summed E-state index contributed by atoms with van der Waals surface area (Å²) < 4.78 is 26.8. The van der Waals surface area contributed by atoms with Crippen molar-refractivity contribution in [1.29, 1.82) is 0 Å². The Kier molecular flexibility index (Phi) is 4.47. The molecule has 10 heteroatoms. The molecule has 6 nitrogen and oxygen atoms in total. The van der Waals surface area contributed by atoms with E-state index in [2.05, 4.69) is 20.7 Å². The highest BCUT2D eigenvalue weighted by molar-refractivity contribution is 9.11. The predicted molar refractivity (Wildman–Crippen MR) is 82.9 cm³/mol. The normalized spacial score (nSPS) is 11.3. The van der Waals surface area contributed by atoms with Crippen molar-refractivity contribution in [1.82, 2.24) is 0 Å². The molecule has 0 bridgehead atoms. The Labute approximate surface area is 137 Å². The Balaban J connectivity index is 2.42. The van der Waals surface area contributed by atoms with E-state index in [4.69, 9.17) is 16.7 Å². The monoisotopic (exact) mass is 411 g/mol. The van der Waals surface area contributed by atoms with Crippen LogP contribution < -0.4 is 4.72 Å². The quantitative estimate of drug-likeness (QED) is 0.668. The molecule has 0 aliphatic rings. The molecule has 0 atom stereocenters. The SMILES string of the molecule is O=C(O)c1cccc(NS(=O)(=O)c2cc(Cl)c(Br)s2)c1O. The van der Waals surface area contributed by atoms with E-state index in [1.54, 1.807) is 0 Å². The van der Waals surface area contributed by atoms with Crippen molar-refractivity contribution in [2.75, 3.05) is 4.72 Å². The molecule has 112 valence electrons. The van der Waals surface area contributed by atoms with Gasteiger partial charge in [0.25, 0.3) is 10.0 Å². The van der Waals surface area contributed by atoms with Gasteiger partial charge in [0.05, 0.1) is 14.5 Å². The van der Waals surface area contributed by atoms with E-state index < -0.39 is 27.3 Å². The Morgan fingerprint density at radius 1 is 1.38 bits per heavy atom. The Hall–Kier alpha value is -1.29. The highest BCUT2D eigenvalue weighted by Crippen LogP contribution is 2.36. The predicted octanol–water partition coefficient (Wildman–Crippen LogP) is 3.37. The van der Waals surface area contributed by atoms with E-state index in [-0.39, 0.29) is 14.9 Å². The van der Waals surface area contributed by atoms with Gasteiger partial charge in [0.15, 0.2) is 5.75 Å². The van der Waals surface area contributed by atoms with E-state index >= 15 is 0 Å². The third-order valence-corrected chi connectivity index (χ3v) is 6.71. The van der Waals surface area contributed by atoms with Crippen LogP contribution in [0.25, 0.3) is 0 Å². The second-order valence-corrected chi connectivity index (χ2v) is 8.49. The fourth-order valence-corrected chi connectivity index (χ4v) is 4.92. The van der Waals surface area contributed by atoms with Crippen molar-refractivity contribution in [3.05, 3.63) is 38.6 Å². The molecule has 1 aromatic heterocycles. The number of thiophene rings is 1. The molecule has 0 fully saturated rings. The second kappa shape index (κ2) is 5.84. The van der Waals surface area contributed by atoms with Crippen molar-refractivity contribution in [2.45, 2.75) is 4.21 Å². The fourth-order valence-electron chi connectivity index (χ4n) is 1.45. The summed E-state index contributed by atoms with van der Waals surface area (Å²) in [5.41, 5.74) is -0.629. The van der Waals surface area contributed by atoms with Crippen LogP contribution in [0, 0.1) is 0 Å². The minimum atomic E-state index is -3.98. The molecule has 1 aromatic carbocycles. The first-order valence-electron chi connectivity index (χ1n) is 5.25. The summed E-state index contributed by atoms with van der Waals surface area (Å²) in [5.74, 6) is -2.02. The van der Waals surface area contributed by atoms with Gasteiger partial charge in [-0.1, -0.05) is 17.7 Å². The van der Waals surface area contributed by atoms with Gasteiger partial charge in [0.1, 0.15) is 9.77 Å². The molecule has 0 spiro atoms. The third-order valence-electron chi connectivity index (χ3n) is 2.40. The molecule has 0 amide bonds. The molecule has 1 heterocycles. The van der Waals surface area contributed by atoms with E-state index in [0.29, 0.717) is 3.79 Å². The summed E-state index contributed by atoms with van der Waals surface area (Å²) in [6.07, 6.45) is 0. The van der Waals surface area contributed by atoms with E-state index in [9.17, 15) is 18.3 Å². The molecule has 3 N–H and O–H groups in total. The van der Waals surface area contributed by atoms with E-state index in [1.807, 2.05) is 0 Å². The van der Waals surface area contributed by atoms with Gasteiger partial charge in [-0.05, 0) is 34.1 Å². The lowest BCUT2D eigenvalue weighted by Crippen LogP contribution is -2.12. The van der Waals surface area contributed by atoms with Crippen LogP contribution >= 0.6 is 38.9 Å². The lowest BCUT2D eigenvalue weighted by molar-refractivity contribution is 0.0694. The van der Waals surface area contributed by atoms with Crippen LogP contribution in [0.4, 0.5) is 5.69 Å². The van der Waals surface area contributed by atoms with Gasteiger partial charge in [0, 0.05) is 0 Å². The summed E-state index contributed by atoms with van der Waals surface area (Å²) >= 11 is 9.78. The Morgan fingerprint density at radius 2 is 2.05 bits per heavy atom. The lowest BCUT2D eigenvalue weighted by Gasteiger charge is -2.09. The average molecular weight is 413 g/mol. The van der Waals surface area contributed by atoms with E-state index in [1.165, 1.54) is 18.2 Å². The number of para-hydroxylation sites is 1. The minimum Gasteiger partial charge on any atom is -0.505 e. The molecule has 0 radical (unpaired) electrons. The molecule has 0 saturated carbocycles. The van der Waals surface area contributed by atoms with Gasteiger partial charge in [-0.25, -0.2) is 13.2 Å². The summed E-state index contributed by atoms with van der Waals surface area (Å²) in [6, 6.07) is 4.98. The number of anilines is 1. The van der Waals surface area contributed by atoms with Gasteiger partial charge in [0.2, 0.25) is 0 Å². The van der Waals surface area contributed by atoms with E-state index in [0.717, 1.165) is 17.4 Å². The highest BCUT2D eigenvalue weighted by Gasteiger charge is 2.22. The maximum Gasteiger partial charge on any atom is 0.339 e. The number of halogens is 2. The van der Waals surface area contributed by atoms with Gasteiger partial charge >= 0.3 is 5.97 Å². The number of rotatable bonds is 4. The van der Waals surface area contributed by atoms with Gasteiger partial charge < -0.3 is 10.2 Å². The van der Waals surface area contributed by atoms with Crippen LogP contribution in [-0.2, 0) is 10.0 Å². The Bertz CT molecular complexity index is 799. The number of carboxylic acids is 1. The van der Waals surface area contributed by atoms with Gasteiger partial charge in [-0.2, -0.15) is 0 Å².